The van der Waals surface area contributed by atoms with Crippen LogP contribution in [0, 0.1) is 0 Å². The zero-order valence-corrected chi connectivity index (χ0v) is 12.3. The minimum absolute atomic E-state index is 0.153. The number of hydrogen-bond donors (Lipinski definition) is 3. The fourth-order valence-electron chi connectivity index (χ4n) is 1.69. The molecule has 1 heterocycles. The Hall–Kier alpha value is -1.20. The highest BCUT2D eigenvalue weighted by molar-refractivity contribution is 6.42. The highest BCUT2D eigenvalue weighted by atomic mass is 35.5. The third-order valence-corrected chi connectivity index (χ3v) is 3.52. The minimum Gasteiger partial charge on any atom is -0.489 e. The monoisotopic (exact) mass is 314 g/mol. The van der Waals surface area contributed by atoms with Crippen LogP contribution >= 0.6 is 23.2 Å². The van der Waals surface area contributed by atoms with Crippen molar-refractivity contribution in [3.63, 3.8) is 0 Å². The van der Waals surface area contributed by atoms with Gasteiger partial charge in [0.15, 0.2) is 0 Å². The first-order chi connectivity index (χ1) is 9.66. The van der Waals surface area contributed by atoms with Crippen molar-refractivity contribution in [2.24, 2.45) is 0 Å². The van der Waals surface area contributed by atoms with Crippen molar-refractivity contribution in [1.29, 1.82) is 0 Å². The second-order valence-corrected chi connectivity index (χ2v) is 5.15. The molecular weight excluding hydrogens is 299 g/mol. The standard InChI is InChI=1S/C14H16Cl2N2O2/c15-12-2-1-3-13(14(12)16)20-9-11(19)8-18-7-10-4-5-17-6-10/h1-6,11,17-19H,7-9H2. The molecule has 0 amide bonds. The molecule has 108 valence electrons. The summed E-state index contributed by atoms with van der Waals surface area (Å²) in [6.07, 6.45) is 3.14. The summed E-state index contributed by atoms with van der Waals surface area (Å²) in [6.45, 7) is 1.28. The quantitative estimate of drug-likeness (QED) is 0.736. The normalized spacial score (nSPS) is 12.3. The van der Waals surface area contributed by atoms with Crippen LogP contribution in [-0.2, 0) is 6.54 Å². The van der Waals surface area contributed by atoms with Gasteiger partial charge < -0.3 is 20.1 Å². The summed E-state index contributed by atoms with van der Waals surface area (Å²) in [4.78, 5) is 2.97. The molecule has 0 spiro atoms. The van der Waals surface area contributed by atoms with Crippen molar-refractivity contribution in [3.05, 3.63) is 52.3 Å². The zero-order valence-electron chi connectivity index (χ0n) is 10.8. The Morgan fingerprint density at radius 2 is 2.15 bits per heavy atom. The number of benzene rings is 1. The maximum Gasteiger partial charge on any atom is 0.139 e. The first-order valence-corrected chi connectivity index (χ1v) is 6.99. The molecular formula is C14H16Cl2N2O2. The molecule has 20 heavy (non-hydrogen) atoms. The Morgan fingerprint density at radius 3 is 2.90 bits per heavy atom. The van der Waals surface area contributed by atoms with Crippen LogP contribution in [0.3, 0.4) is 0 Å². The van der Waals surface area contributed by atoms with Gasteiger partial charge in [-0.15, -0.1) is 0 Å². The summed E-state index contributed by atoms with van der Waals surface area (Å²) in [5.74, 6) is 0.476. The molecule has 4 nitrogen and oxygen atoms in total. The van der Waals surface area contributed by atoms with E-state index in [2.05, 4.69) is 10.3 Å². The number of aliphatic hydroxyl groups is 1. The van der Waals surface area contributed by atoms with Gasteiger partial charge >= 0.3 is 0 Å². The first-order valence-electron chi connectivity index (χ1n) is 6.24. The number of aromatic amines is 1. The smallest absolute Gasteiger partial charge is 0.139 e. The SMILES string of the molecule is OC(CNCc1cc[nH]c1)COc1cccc(Cl)c1Cl. The summed E-state index contributed by atoms with van der Waals surface area (Å²) >= 11 is 11.9. The molecule has 6 heteroatoms. The minimum atomic E-state index is -0.621. The van der Waals surface area contributed by atoms with Gasteiger partial charge in [0.2, 0.25) is 0 Å². The second kappa shape index (κ2) is 7.55. The van der Waals surface area contributed by atoms with Gasteiger partial charge in [-0.2, -0.15) is 0 Å². The van der Waals surface area contributed by atoms with E-state index in [1.165, 1.54) is 0 Å². The van der Waals surface area contributed by atoms with Gasteiger partial charge in [-0.1, -0.05) is 29.3 Å². The molecule has 2 aromatic rings. The van der Waals surface area contributed by atoms with Crippen LogP contribution < -0.4 is 10.1 Å². The molecule has 0 aliphatic heterocycles. The number of hydrogen-bond acceptors (Lipinski definition) is 3. The Morgan fingerprint density at radius 1 is 1.30 bits per heavy atom. The predicted molar refractivity (Wildman–Crippen MR) is 80.5 cm³/mol. The van der Waals surface area contributed by atoms with Gasteiger partial charge in [0.25, 0.3) is 0 Å². The topological polar surface area (TPSA) is 57.3 Å². The summed E-state index contributed by atoms with van der Waals surface area (Å²) in [7, 11) is 0. The number of aromatic nitrogens is 1. The molecule has 1 aromatic heterocycles. The summed E-state index contributed by atoms with van der Waals surface area (Å²) < 4.78 is 5.45. The lowest BCUT2D eigenvalue weighted by atomic mass is 10.3. The number of H-pyrrole nitrogens is 1. The molecule has 0 bridgehead atoms. The Kier molecular flexibility index (Phi) is 5.73. The van der Waals surface area contributed by atoms with E-state index in [-0.39, 0.29) is 6.61 Å². The van der Waals surface area contributed by atoms with Crippen molar-refractivity contribution in [2.75, 3.05) is 13.2 Å². The van der Waals surface area contributed by atoms with Gasteiger partial charge in [0.1, 0.15) is 23.5 Å². The predicted octanol–water partition coefficient (Wildman–Crippen LogP) is 2.85. The number of ether oxygens (including phenoxy) is 1. The van der Waals surface area contributed by atoms with Crippen LogP contribution in [0.4, 0.5) is 0 Å². The van der Waals surface area contributed by atoms with Crippen molar-refractivity contribution < 1.29 is 9.84 Å². The molecule has 1 unspecified atom stereocenters. The van der Waals surface area contributed by atoms with E-state index in [0.717, 1.165) is 5.56 Å². The van der Waals surface area contributed by atoms with E-state index in [9.17, 15) is 5.11 Å². The average molecular weight is 315 g/mol. The van der Waals surface area contributed by atoms with E-state index >= 15 is 0 Å². The fraction of sp³-hybridized carbons (Fsp3) is 0.286. The average Bonchev–Trinajstić information content (AvgIpc) is 2.94. The molecule has 0 aliphatic rings. The van der Waals surface area contributed by atoms with E-state index in [1.807, 2.05) is 18.5 Å². The molecule has 2 rings (SSSR count). The molecule has 0 aliphatic carbocycles. The van der Waals surface area contributed by atoms with Crippen LogP contribution in [0.25, 0.3) is 0 Å². The van der Waals surface area contributed by atoms with Crippen molar-refractivity contribution >= 4 is 23.2 Å². The lowest BCUT2D eigenvalue weighted by molar-refractivity contribution is 0.106. The molecule has 1 aromatic carbocycles. The van der Waals surface area contributed by atoms with Crippen molar-refractivity contribution in [2.45, 2.75) is 12.6 Å². The molecule has 0 radical (unpaired) electrons. The van der Waals surface area contributed by atoms with Crippen LogP contribution in [0.2, 0.25) is 10.0 Å². The summed E-state index contributed by atoms with van der Waals surface area (Å²) in [6, 6.07) is 7.13. The number of aliphatic hydroxyl groups excluding tert-OH is 1. The second-order valence-electron chi connectivity index (χ2n) is 4.37. The fourth-order valence-corrected chi connectivity index (χ4v) is 2.04. The molecule has 0 fully saturated rings. The largest absolute Gasteiger partial charge is 0.489 e. The summed E-state index contributed by atoms with van der Waals surface area (Å²) in [5, 5.41) is 13.8. The van der Waals surface area contributed by atoms with Crippen molar-refractivity contribution in [1.82, 2.24) is 10.3 Å². The lowest BCUT2D eigenvalue weighted by Crippen LogP contribution is -2.31. The summed E-state index contributed by atoms with van der Waals surface area (Å²) in [5.41, 5.74) is 1.14. The Bertz CT molecular complexity index is 532. The maximum absolute atomic E-state index is 9.83. The Balaban J connectivity index is 1.72. The van der Waals surface area contributed by atoms with E-state index in [4.69, 9.17) is 27.9 Å². The van der Waals surface area contributed by atoms with E-state index in [0.29, 0.717) is 28.9 Å². The molecule has 0 saturated carbocycles. The van der Waals surface area contributed by atoms with Crippen molar-refractivity contribution in [3.8, 4) is 5.75 Å². The maximum atomic E-state index is 9.83. The van der Waals surface area contributed by atoms with Gasteiger partial charge in [0.05, 0.1) is 5.02 Å². The lowest BCUT2D eigenvalue weighted by Gasteiger charge is -2.14. The number of nitrogens with one attached hydrogen (secondary N) is 2. The molecule has 3 N–H and O–H groups in total. The highest BCUT2D eigenvalue weighted by Crippen LogP contribution is 2.31. The van der Waals surface area contributed by atoms with Gasteiger partial charge in [-0.3, -0.25) is 0 Å². The zero-order chi connectivity index (χ0) is 14.4. The molecule has 1 atom stereocenters. The highest BCUT2D eigenvalue weighted by Gasteiger charge is 2.09. The first kappa shape index (κ1) is 15.2. The third kappa shape index (κ3) is 4.42. The van der Waals surface area contributed by atoms with E-state index < -0.39 is 6.10 Å². The van der Waals surface area contributed by atoms with Crippen LogP contribution in [0.1, 0.15) is 5.56 Å². The number of halogens is 2. The van der Waals surface area contributed by atoms with Crippen LogP contribution in [0.5, 0.6) is 5.75 Å². The third-order valence-electron chi connectivity index (χ3n) is 2.72. The Labute approximate surface area is 127 Å². The van der Waals surface area contributed by atoms with E-state index in [1.54, 1.807) is 18.2 Å². The van der Waals surface area contributed by atoms with Crippen LogP contribution in [-0.4, -0.2) is 29.3 Å². The molecule has 0 saturated heterocycles. The van der Waals surface area contributed by atoms with Gasteiger partial charge in [-0.25, -0.2) is 0 Å². The van der Waals surface area contributed by atoms with Crippen LogP contribution in [0.15, 0.2) is 36.7 Å². The van der Waals surface area contributed by atoms with Gasteiger partial charge in [0, 0.05) is 25.5 Å². The number of rotatable bonds is 7. The van der Waals surface area contributed by atoms with Gasteiger partial charge in [-0.05, 0) is 23.8 Å².